The number of benzene rings is 2. The van der Waals surface area contributed by atoms with Crippen molar-refractivity contribution in [2.24, 2.45) is 0 Å². The van der Waals surface area contributed by atoms with Gasteiger partial charge < -0.3 is 14.5 Å². The van der Waals surface area contributed by atoms with E-state index >= 15 is 0 Å². The van der Waals surface area contributed by atoms with Crippen LogP contribution in [0.5, 0.6) is 5.75 Å². The molecular weight excluding hydrogens is 350 g/mol. The Morgan fingerprint density at radius 2 is 2.00 bits per heavy atom. The van der Waals surface area contributed by atoms with Crippen molar-refractivity contribution >= 4 is 22.4 Å². The first kappa shape index (κ1) is 19.7. The summed E-state index contributed by atoms with van der Waals surface area (Å²) >= 11 is 0. The van der Waals surface area contributed by atoms with Crippen LogP contribution in [0.3, 0.4) is 0 Å². The van der Waals surface area contributed by atoms with Crippen molar-refractivity contribution in [2.45, 2.75) is 33.6 Å². The molecule has 0 bridgehead atoms. The Kier molecular flexibility index (Phi) is 6.53. The number of nitrogens with one attached hydrogen (secondary N) is 1. The second-order valence-electron chi connectivity index (χ2n) is 6.90. The van der Waals surface area contributed by atoms with Crippen LogP contribution in [0.15, 0.2) is 59.2 Å². The van der Waals surface area contributed by atoms with Crippen LogP contribution in [-0.2, 0) is 11.2 Å². The lowest BCUT2D eigenvalue weighted by Crippen LogP contribution is -2.22. The van der Waals surface area contributed by atoms with Gasteiger partial charge in [0.25, 0.3) is 0 Å². The van der Waals surface area contributed by atoms with Gasteiger partial charge in [-0.25, -0.2) is 0 Å². The molecule has 3 rings (SSSR count). The van der Waals surface area contributed by atoms with Crippen LogP contribution in [0, 0.1) is 6.92 Å². The van der Waals surface area contributed by atoms with Gasteiger partial charge in [-0.15, -0.1) is 0 Å². The van der Waals surface area contributed by atoms with Gasteiger partial charge in [0, 0.05) is 29.6 Å². The Hall–Kier alpha value is -3.01. The fourth-order valence-corrected chi connectivity index (χ4v) is 3.24. The Morgan fingerprint density at radius 1 is 1.21 bits per heavy atom. The number of carbonyl (C=O) groups excluding carboxylic acids is 1. The van der Waals surface area contributed by atoms with E-state index in [1.54, 1.807) is 12.3 Å². The summed E-state index contributed by atoms with van der Waals surface area (Å²) in [5.41, 5.74) is 4.93. The lowest BCUT2D eigenvalue weighted by atomic mass is 10.0. The molecule has 3 aromatic rings. The van der Waals surface area contributed by atoms with Crippen LogP contribution in [0.4, 0.5) is 0 Å². The van der Waals surface area contributed by atoms with E-state index in [-0.39, 0.29) is 5.91 Å². The molecule has 1 aromatic heterocycles. The SMILES string of the molecule is CCOc1cc2occ(C)c2cc1/C(C)=C/C(=O)NCCCc1ccccc1. The average molecular weight is 377 g/mol. The molecule has 4 nitrogen and oxygen atoms in total. The van der Waals surface area contributed by atoms with Gasteiger partial charge in [-0.3, -0.25) is 4.79 Å². The van der Waals surface area contributed by atoms with E-state index < -0.39 is 0 Å². The zero-order valence-corrected chi connectivity index (χ0v) is 16.7. The molecule has 28 heavy (non-hydrogen) atoms. The van der Waals surface area contributed by atoms with Gasteiger partial charge in [-0.1, -0.05) is 30.3 Å². The predicted molar refractivity (Wildman–Crippen MR) is 114 cm³/mol. The fraction of sp³-hybridized carbons (Fsp3) is 0.292. The Morgan fingerprint density at radius 3 is 2.75 bits per heavy atom. The van der Waals surface area contributed by atoms with Gasteiger partial charge in [0.05, 0.1) is 12.9 Å². The van der Waals surface area contributed by atoms with E-state index in [0.717, 1.165) is 46.3 Å². The molecule has 0 saturated carbocycles. The normalized spacial score (nSPS) is 11.6. The van der Waals surface area contributed by atoms with Crippen molar-refractivity contribution in [3.05, 3.63) is 71.5 Å². The number of carbonyl (C=O) groups is 1. The van der Waals surface area contributed by atoms with Crippen molar-refractivity contribution in [3.63, 3.8) is 0 Å². The second-order valence-corrected chi connectivity index (χ2v) is 6.90. The zero-order valence-electron chi connectivity index (χ0n) is 16.7. The van der Waals surface area contributed by atoms with Crippen LogP contribution in [0.2, 0.25) is 0 Å². The third-order valence-corrected chi connectivity index (χ3v) is 4.73. The maximum absolute atomic E-state index is 12.3. The summed E-state index contributed by atoms with van der Waals surface area (Å²) in [7, 11) is 0. The molecule has 2 aromatic carbocycles. The lowest BCUT2D eigenvalue weighted by molar-refractivity contribution is -0.116. The van der Waals surface area contributed by atoms with Crippen molar-refractivity contribution in [3.8, 4) is 5.75 Å². The van der Waals surface area contributed by atoms with E-state index in [1.165, 1.54) is 5.56 Å². The van der Waals surface area contributed by atoms with Gasteiger partial charge in [-0.05, 0) is 56.4 Å². The summed E-state index contributed by atoms with van der Waals surface area (Å²) in [6, 6.07) is 14.2. The lowest BCUT2D eigenvalue weighted by Gasteiger charge is -2.11. The number of aryl methyl sites for hydroxylation is 2. The number of allylic oxidation sites excluding steroid dienone is 1. The number of hydrogen-bond donors (Lipinski definition) is 1. The van der Waals surface area contributed by atoms with Crippen LogP contribution in [0.1, 0.15) is 37.0 Å². The van der Waals surface area contributed by atoms with E-state index in [4.69, 9.17) is 9.15 Å². The topological polar surface area (TPSA) is 51.5 Å². The number of fused-ring (bicyclic) bond motifs is 1. The van der Waals surface area contributed by atoms with Crippen molar-refractivity contribution in [1.29, 1.82) is 0 Å². The molecule has 146 valence electrons. The number of rotatable bonds is 8. The fourth-order valence-electron chi connectivity index (χ4n) is 3.24. The van der Waals surface area contributed by atoms with Gasteiger partial charge in [0.1, 0.15) is 11.3 Å². The molecule has 1 amide bonds. The van der Waals surface area contributed by atoms with E-state index in [0.29, 0.717) is 13.2 Å². The van der Waals surface area contributed by atoms with E-state index in [1.807, 2.05) is 51.1 Å². The molecule has 1 N–H and O–H groups in total. The van der Waals surface area contributed by atoms with E-state index in [9.17, 15) is 4.79 Å². The van der Waals surface area contributed by atoms with Crippen molar-refractivity contribution in [1.82, 2.24) is 5.32 Å². The summed E-state index contributed by atoms with van der Waals surface area (Å²) in [5.74, 6) is 0.645. The summed E-state index contributed by atoms with van der Waals surface area (Å²) in [4.78, 5) is 12.3. The first-order valence-corrected chi connectivity index (χ1v) is 9.73. The molecule has 0 saturated heterocycles. The van der Waals surface area contributed by atoms with Crippen molar-refractivity contribution < 1.29 is 13.9 Å². The molecule has 4 heteroatoms. The van der Waals surface area contributed by atoms with Crippen molar-refractivity contribution in [2.75, 3.05) is 13.2 Å². The highest BCUT2D eigenvalue weighted by Crippen LogP contribution is 2.33. The predicted octanol–water partition coefficient (Wildman–Crippen LogP) is 5.29. The second kappa shape index (κ2) is 9.27. The number of furan rings is 1. The van der Waals surface area contributed by atoms with Crippen LogP contribution in [0.25, 0.3) is 16.5 Å². The maximum atomic E-state index is 12.3. The highest BCUT2D eigenvalue weighted by Gasteiger charge is 2.12. The van der Waals surface area contributed by atoms with Gasteiger partial charge in [0.15, 0.2) is 0 Å². The molecule has 0 radical (unpaired) electrons. The molecular formula is C24H27NO3. The van der Waals surface area contributed by atoms with Gasteiger partial charge in [0.2, 0.25) is 5.91 Å². The monoisotopic (exact) mass is 377 g/mol. The van der Waals surface area contributed by atoms with Crippen LogP contribution >= 0.6 is 0 Å². The largest absolute Gasteiger partial charge is 0.493 e. The quantitative estimate of drug-likeness (QED) is 0.428. The molecule has 0 aliphatic rings. The first-order chi connectivity index (χ1) is 13.6. The molecule has 0 aliphatic carbocycles. The van der Waals surface area contributed by atoms with Gasteiger partial charge >= 0.3 is 0 Å². The molecule has 0 unspecified atom stereocenters. The minimum Gasteiger partial charge on any atom is -0.493 e. The number of ether oxygens (including phenoxy) is 1. The third kappa shape index (κ3) is 4.83. The third-order valence-electron chi connectivity index (χ3n) is 4.73. The molecule has 0 spiro atoms. The zero-order chi connectivity index (χ0) is 19.9. The molecule has 1 heterocycles. The van der Waals surface area contributed by atoms with Crippen LogP contribution < -0.4 is 10.1 Å². The molecule has 0 atom stereocenters. The highest BCUT2D eigenvalue weighted by atomic mass is 16.5. The summed E-state index contributed by atoms with van der Waals surface area (Å²) in [6.45, 7) is 7.09. The Bertz CT molecular complexity index is 970. The summed E-state index contributed by atoms with van der Waals surface area (Å²) in [5, 5.41) is 4.01. The van der Waals surface area contributed by atoms with E-state index in [2.05, 4.69) is 17.4 Å². The standard InChI is InChI=1S/C24H27NO3/c1-4-27-22-15-23-21(18(3)16-28-23)14-20(22)17(2)13-24(26)25-12-8-11-19-9-6-5-7-10-19/h5-7,9-10,13-16H,4,8,11-12H2,1-3H3,(H,25,26)/b17-13+. The van der Waals surface area contributed by atoms with Gasteiger partial charge in [-0.2, -0.15) is 0 Å². The maximum Gasteiger partial charge on any atom is 0.244 e. The summed E-state index contributed by atoms with van der Waals surface area (Å²) < 4.78 is 11.3. The van der Waals surface area contributed by atoms with Crippen LogP contribution in [-0.4, -0.2) is 19.1 Å². The highest BCUT2D eigenvalue weighted by molar-refractivity contribution is 5.97. The number of hydrogen-bond acceptors (Lipinski definition) is 3. The molecule has 0 aliphatic heterocycles. The summed E-state index contributed by atoms with van der Waals surface area (Å²) in [6.07, 6.45) is 5.24. The average Bonchev–Trinajstić information content (AvgIpc) is 3.05. The Balaban J connectivity index is 1.66. The molecule has 0 fully saturated rings. The Labute approximate surface area is 166 Å². The first-order valence-electron chi connectivity index (χ1n) is 9.73. The smallest absolute Gasteiger partial charge is 0.244 e. The number of amides is 1. The minimum atomic E-state index is -0.0861. The minimum absolute atomic E-state index is 0.0861.